The van der Waals surface area contributed by atoms with E-state index in [1.54, 1.807) is 24.1 Å². The Morgan fingerprint density at radius 1 is 1.02 bits per heavy atom. The number of nitrogens with two attached hydrogens (primary N) is 1. The number of aromatic nitrogens is 4. The first kappa shape index (κ1) is 31.3. The lowest BCUT2D eigenvalue weighted by atomic mass is 10.1. The maximum Gasteiger partial charge on any atom is 0.410 e. The number of unbranched alkanes of at least 4 members (excludes halogenated alkanes) is 4. The highest BCUT2D eigenvalue weighted by Gasteiger charge is 2.42. The van der Waals surface area contributed by atoms with Crippen LogP contribution in [0.1, 0.15) is 71.3 Å². The number of nitrogens with zero attached hydrogens (tertiary/aromatic N) is 7. The SMILES string of the molecule is CN(CCCCCCCc1cnc(N2C3CCC2CN(c2cc(-c4ccccc4O)nnc2N)C3)nc1)C(=O)OC(C)(C)C. The summed E-state index contributed by atoms with van der Waals surface area (Å²) >= 11 is 0. The Labute approximate surface area is 260 Å². The first-order valence-electron chi connectivity index (χ1n) is 15.8. The minimum Gasteiger partial charge on any atom is -0.507 e. The van der Waals surface area contributed by atoms with Crippen molar-refractivity contribution in [3.8, 4) is 17.0 Å². The minimum absolute atomic E-state index is 0.170. The van der Waals surface area contributed by atoms with Crippen molar-refractivity contribution >= 4 is 23.5 Å². The smallest absolute Gasteiger partial charge is 0.410 e. The number of rotatable bonds is 11. The molecule has 0 spiro atoms. The lowest BCUT2D eigenvalue weighted by molar-refractivity contribution is 0.0296. The second-order valence-electron chi connectivity index (χ2n) is 13.0. The van der Waals surface area contributed by atoms with Gasteiger partial charge in [-0.1, -0.05) is 31.4 Å². The molecule has 5 rings (SSSR count). The summed E-state index contributed by atoms with van der Waals surface area (Å²) in [7, 11) is 1.80. The predicted molar refractivity (Wildman–Crippen MR) is 173 cm³/mol. The van der Waals surface area contributed by atoms with Crippen LogP contribution >= 0.6 is 0 Å². The molecule has 11 heteroatoms. The average Bonchev–Trinajstić information content (AvgIpc) is 3.25. The second-order valence-corrected chi connectivity index (χ2v) is 13.0. The maximum absolute atomic E-state index is 12.1. The number of aryl methyl sites for hydroxylation is 1. The summed E-state index contributed by atoms with van der Waals surface area (Å²) in [5, 5.41) is 18.8. The van der Waals surface area contributed by atoms with Gasteiger partial charge >= 0.3 is 6.09 Å². The Bertz CT molecular complexity index is 1400. The van der Waals surface area contributed by atoms with Crippen LogP contribution in [-0.2, 0) is 11.2 Å². The number of aromatic hydroxyl groups is 1. The van der Waals surface area contributed by atoms with Crippen LogP contribution in [0.3, 0.4) is 0 Å². The fourth-order valence-electron chi connectivity index (χ4n) is 6.14. The summed E-state index contributed by atoms with van der Waals surface area (Å²) in [4.78, 5) is 28.0. The quantitative estimate of drug-likeness (QED) is 0.273. The zero-order chi connectivity index (χ0) is 31.3. The summed E-state index contributed by atoms with van der Waals surface area (Å²) in [6.07, 6.45) is 12.3. The van der Waals surface area contributed by atoms with Gasteiger partial charge in [-0.2, -0.15) is 0 Å². The molecule has 3 aromatic rings. The zero-order valence-corrected chi connectivity index (χ0v) is 26.4. The summed E-state index contributed by atoms with van der Waals surface area (Å²) in [6.45, 7) is 7.97. The molecule has 2 saturated heterocycles. The van der Waals surface area contributed by atoms with E-state index in [0.717, 1.165) is 81.7 Å². The predicted octanol–water partition coefficient (Wildman–Crippen LogP) is 5.44. The molecule has 44 heavy (non-hydrogen) atoms. The summed E-state index contributed by atoms with van der Waals surface area (Å²) in [5.41, 5.74) is 9.08. The van der Waals surface area contributed by atoms with Crippen molar-refractivity contribution in [3.63, 3.8) is 0 Å². The lowest BCUT2D eigenvalue weighted by Gasteiger charge is -2.42. The van der Waals surface area contributed by atoms with E-state index >= 15 is 0 Å². The highest BCUT2D eigenvalue weighted by Crippen LogP contribution is 2.38. The number of ether oxygens (including phenoxy) is 1. The molecule has 2 bridgehead atoms. The lowest BCUT2D eigenvalue weighted by Crippen LogP contribution is -2.54. The van der Waals surface area contributed by atoms with E-state index in [-0.39, 0.29) is 23.9 Å². The van der Waals surface area contributed by atoms with Gasteiger partial charge in [0.15, 0.2) is 5.82 Å². The number of nitrogen functional groups attached to an aromatic ring is 1. The number of hydrogen-bond donors (Lipinski definition) is 2. The monoisotopic (exact) mass is 602 g/mol. The number of anilines is 3. The normalized spacial score (nSPS) is 18.0. The van der Waals surface area contributed by atoms with Crippen LogP contribution in [0.2, 0.25) is 0 Å². The number of amides is 1. The number of benzene rings is 1. The third-order valence-corrected chi connectivity index (χ3v) is 8.39. The first-order chi connectivity index (χ1) is 21.1. The molecule has 1 aromatic carbocycles. The van der Waals surface area contributed by atoms with E-state index in [2.05, 4.69) is 20.0 Å². The van der Waals surface area contributed by atoms with Crippen molar-refractivity contribution < 1.29 is 14.6 Å². The summed E-state index contributed by atoms with van der Waals surface area (Å²) < 4.78 is 5.41. The van der Waals surface area contributed by atoms with Crippen molar-refractivity contribution in [2.24, 2.45) is 0 Å². The molecule has 1 amide bonds. The highest BCUT2D eigenvalue weighted by atomic mass is 16.6. The van der Waals surface area contributed by atoms with Gasteiger partial charge in [0.25, 0.3) is 0 Å². The van der Waals surface area contributed by atoms with E-state index in [9.17, 15) is 9.90 Å². The van der Waals surface area contributed by atoms with Gasteiger partial charge in [0.1, 0.15) is 11.4 Å². The van der Waals surface area contributed by atoms with Crippen LogP contribution in [0.5, 0.6) is 5.75 Å². The van der Waals surface area contributed by atoms with E-state index < -0.39 is 5.60 Å². The fourth-order valence-corrected chi connectivity index (χ4v) is 6.14. The summed E-state index contributed by atoms with van der Waals surface area (Å²) in [6, 6.07) is 9.64. The number of para-hydroxylation sites is 1. The topological polar surface area (TPSA) is 134 Å². The third kappa shape index (κ3) is 7.67. The van der Waals surface area contributed by atoms with Crippen LogP contribution in [0.4, 0.5) is 22.2 Å². The molecule has 11 nitrogen and oxygen atoms in total. The number of phenols is 1. The van der Waals surface area contributed by atoms with E-state index in [1.807, 2.05) is 51.4 Å². The highest BCUT2D eigenvalue weighted by molar-refractivity contribution is 5.74. The number of carbonyl (C=O) groups is 1. The number of carbonyl (C=O) groups excluding carboxylic acids is 1. The Kier molecular flexibility index (Phi) is 9.71. The van der Waals surface area contributed by atoms with Crippen molar-refractivity contribution in [1.82, 2.24) is 25.1 Å². The molecule has 0 radical (unpaired) electrons. The van der Waals surface area contributed by atoms with Gasteiger partial charge in [-0.05, 0) is 76.6 Å². The Morgan fingerprint density at radius 3 is 2.36 bits per heavy atom. The van der Waals surface area contributed by atoms with Crippen LogP contribution in [0.25, 0.3) is 11.3 Å². The number of fused-ring (bicyclic) bond motifs is 2. The van der Waals surface area contributed by atoms with Gasteiger partial charge in [0.2, 0.25) is 5.95 Å². The average molecular weight is 603 g/mol. The van der Waals surface area contributed by atoms with Gasteiger partial charge < -0.3 is 30.3 Å². The van der Waals surface area contributed by atoms with Gasteiger partial charge in [-0.15, -0.1) is 10.2 Å². The maximum atomic E-state index is 12.1. The van der Waals surface area contributed by atoms with Gasteiger partial charge in [-0.3, -0.25) is 0 Å². The van der Waals surface area contributed by atoms with Crippen LogP contribution in [0, 0.1) is 0 Å². The Balaban J connectivity index is 1.08. The second kappa shape index (κ2) is 13.7. The largest absolute Gasteiger partial charge is 0.507 e. The van der Waals surface area contributed by atoms with Crippen molar-refractivity contribution in [3.05, 3.63) is 48.3 Å². The molecule has 2 aliphatic rings. The first-order valence-corrected chi connectivity index (χ1v) is 15.8. The van der Waals surface area contributed by atoms with Crippen molar-refractivity contribution in [2.45, 2.75) is 89.8 Å². The van der Waals surface area contributed by atoms with E-state index in [0.29, 0.717) is 23.6 Å². The number of phenolic OH excluding ortho intramolecular Hbond substituents is 1. The molecule has 2 unspecified atom stereocenters. The molecule has 2 aliphatic heterocycles. The zero-order valence-electron chi connectivity index (χ0n) is 26.4. The molecule has 2 atom stereocenters. The Morgan fingerprint density at radius 2 is 1.68 bits per heavy atom. The van der Waals surface area contributed by atoms with Gasteiger partial charge in [0, 0.05) is 56.7 Å². The third-order valence-electron chi connectivity index (χ3n) is 8.39. The van der Waals surface area contributed by atoms with Crippen LogP contribution in [0.15, 0.2) is 42.7 Å². The molecular formula is C33H46N8O3. The molecule has 0 aliphatic carbocycles. The summed E-state index contributed by atoms with van der Waals surface area (Å²) in [5.74, 6) is 1.36. The molecule has 2 aromatic heterocycles. The Hall–Kier alpha value is -4.15. The van der Waals surface area contributed by atoms with E-state index in [4.69, 9.17) is 20.4 Å². The molecule has 3 N–H and O–H groups in total. The van der Waals surface area contributed by atoms with Gasteiger partial charge in [-0.25, -0.2) is 14.8 Å². The minimum atomic E-state index is -0.462. The molecule has 236 valence electrons. The molecule has 2 fully saturated rings. The standard InChI is InChI=1S/C33H46N8O3/c1-33(2,3)44-32(43)39(4)17-11-7-5-6-8-12-23-19-35-31(36-20-23)41-24-15-16-25(41)22-40(21-24)28-18-27(37-38-30(28)34)26-13-9-10-14-29(26)42/h9-10,13-14,18-20,24-25,42H,5-8,11-12,15-17,21-22H2,1-4H3,(H2,34,38). The molecule has 4 heterocycles. The number of piperazine rings is 1. The number of hydrogen-bond acceptors (Lipinski definition) is 10. The van der Waals surface area contributed by atoms with Crippen molar-refractivity contribution in [2.75, 3.05) is 42.2 Å². The van der Waals surface area contributed by atoms with Gasteiger partial charge in [0.05, 0.1) is 11.4 Å². The fraction of sp³-hybridized carbons (Fsp3) is 0.545. The van der Waals surface area contributed by atoms with Crippen molar-refractivity contribution in [1.29, 1.82) is 0 Å². The molecule has 0 saturated carbocycles. The molecular weight excluding hydrogens is 556 g/mol. The van der Waals surface area contributed by atoms with Crippen LogP contribution in [-0.4, -0.2) is 80.6 Å². The van der Waals surface area contributed by atoms with Crippen LogP contribution < -0.4 is 15.5 Å². The van der Waals surface area contributed by atoms with E-state index in [1.165, 1.54) is 0 Å².